The van der Waals surface area contributed by atoms with Gasteiger partial charge in [0.15, 0.2) is 5.01 Å². The molecular weight excluding hydrogens is 283 g/mol. The Hall–Kier alpha value is -0.920. The van der Waals surface area contributed by atoms with Crippen molar-refractivity contribution in [3.05, 3.63) is 38.0 Å². The molecule has 0 radical (unpaired) electrons. The lowest BCUT2D eigenvalue weighted by molar-refractivity contribution is -0.137. The lowest BCUT2D eigenvalue weighted by Gasteiger charge is -2.08. The van der Waals surface area contributed by atoms with Crippen LogP contribution in [0.4, 0.5) is 13.2 Å². The Morgan fingerprint density at radius 2 is 2.17 bits per heavy atom. The van der Waals surface area contributed by atoms with Crippen molar-refractivity contribution in [2.75, 3.05) is 0 Å². The third-order valence-corrected chi connectivity index (χ3v) is 4.55. The maximum atomic E-state index is 12.4. The molecule has 0 aliphatic carbocycles. The van der Waals surface area contributed by atoms with Gasteiger partial charge in [-0.2, -0.15) is 13.2 Å². The molecule has 18 heavy (non-hydrogen) atoms. The fraction of sp³-hybridized carbons (Fsp3) is 0.364. The minimum absolute atomic E-state index is 0.222. The summed E-state index contributed by atoms with van der Waals surface area (Å²) in [6.07, 6.45) is -3.64. The van der Waals surface area contributed by atoms with Crippen molar-refractivity contribution < 1.29 is 18.3 Å². The van der Waals surface area contributed by atoms with Gasteiger partial charge < -0.3 is 5.11 Å². The number of alkyl halides is 3. The van der Waals surface area contributed by atoms with Gasteiger partial charge in [0.1, 0.15) is 6.10 Å². The predicted molar refractivity (Wildman–Crippen MR) is 64.9 cm³/mol. The standard InChI is InChI=1S/C11H10F3NOS2/c1-2-6-3-4-17-9(6)8(16)7-5-15-10(18-7)11(12,13)14/h3-5,8,16H,2H2,1H3. The Bertz CT molecular complexity index is 532. The zero-order chi connectivity index (χ0) is 13.3. The van der Waals surface area contributed by atoms with Gasteiger partial charge in [0.25, 0.3) is 0 Å². The van der Waals surface area contributed by atoms with Crippen molar-refractivity contribution in [1.29, 1.82) is 0 Å². The molecule has 0 aliphatic rings. The maximum Gasteiger partial charge on any atom is 0.443 e. The molecule has 0 saturated heterocycles. The van der Waals surface area contributed by atoms with Gasteiger partial charge >= 0.3 is 6.18 Å². The first-order chi connectivity index (χ1) is 8.43. The average Bonchev–Trinajstić information content (AvgIpc) is 2.96. The molecule has 0 bridgehead atoms. The van der Waals surface area contributed by atoms with Gasteiger partial charge in [-0.3, -0.25) is 0 Å². The molecule has 2 aromatic heterocycles. The Kier molecular flexibility index (Phi) is 3.74. The van der Waals surface area contributed by atoms with E-state index >= 15 is 0 Å². The maximum absolute atomic E-state index is 12.4. The normalized spacial score (nSPS) is 13.8. The zero-order valence-corrected chi connectivity index (χ0v) is 11.0. The van der Waals surface area contributed by atoms with E-state index in [0.717, 1.165) is 18.2 Å². The van der Waals surface area contributed by atoms with Crippen LogP contribution in [0.5, 0.6) is 0 Å². The molecule has 2 aromatic rings. The Balaban J connectivity index is 2.29. The number of aliphatic hydroxyl groups excluding tert-OH is 1. The van der Waals surface area contributed by atoms with Crippen LogP contribution in [0.3, 0.4) is 0 Å². The number of hydrogen-bond acceptors (Lipinski definition) is 4. The highest BCUT2D eigenvalue weighted by Crippen LogP contribution is 2.37. The summed E-state index contributed by atoms with van der Waals surface area (Å²) in [5, 5.41) is 11.0. The number of thiophene rings is 1. The van der Waals surface area contributed by atoms with Crippen LogP contribution in [0, 0.1) is 0 Å². The van der Waals surface area contributed by atoms with Gasteiger partial charge in [-0.25, -0.2) is 4.98 Å². The van der Waals surface area contributed by atoms with Gasteiger partial charge in [0, 0.05) is 11.1 Å². The first-order valence-corrected chi connectivity index (χ1v) is 6.90. The van der Waals surface area contributed by atoms with Gasteiger partial charge in [0.2, 0.25) is 0 Å². The van der Waals surface area contributed by atoms with Gasteiger partial charge in [-0.1, -0.05) is 6.92 Å². The molecule has 2 nitrogen and oxygen atoms in total. The molecule has 1 unspecified atom stereocenters. The van der Waals surface area contributed by atoms with Crippen molar-refractivity contribution in [3.8, 4) is 0 Å². The molecule has 98 valence electrons. The summed E-state index contributed by atoms with van der Waals surface area (Å²) in [6.45, 7) is 1.94. The highest BCUT2D eigenvalue weighted by molar-refractivity contribution is 7.12. The highest BCUT2D eigenvalue weighted by Gasteiger charge is 2.35. The van der Waals surface area contributed by atoms with E-state index in [1.165, 1.54) is 11.3 Å². The summed E-state index contributed by atoms with van der Waals surface area (Å²) in [5.41, 5.74) is 0.953. The summed E-state index contributed by atoms with van der Waals surface area (Å²) in [7, 11) is 0. The summed E-state index contributed by atoms with van der Waals surface area (Å²) >= 11 is 1.83. The molecule has 7 heteroatoms. The number of aryl methyl sites for hydroxylation is 1. The van der Waals surface area contributed by atoms with Crippen molar-refractivity contribution >= 4 is 22.7 Å². The van der Waals surface area contributed by atoms with E-state index in [0.29, 0.717) is 16.2 Å². The third-order valence-electron chi connectivity index (χ3n) is 2.45. The highest BCUT2D eigenvalue weighted by atomic mass is 32.1. The SMILES string of the molecule is CCc1ccsc1C(O)c1cnc(C(F)(F)F)s1. The minimum atomic E-state index is -4.45. The zero-order valence-electron chi connectivity index (χ0n) is 9.36. The van der Waals surface area contributed by atoms with Crippen molar-refractivity contribution in [3.63, 3.8) is 0 Å². The monoisotopic (exact) mass is 293 g/mol. The predicted octanol–water partition coefficient (Wildman–Crippen LogP) is 3.87. The largest absolute Gasteiger partial charge is 0.443 e. The van der Waals surface area contributed by atoms with Crippen molar-refractivity contribution in [1.82, 2.24) is 4.98 Å². The van der Waals surface area contributed by atoms with Crippen molar-refractivity contribution in [2.45, 2.75) is 25.6 Å². The topological polar surface area (TPSA) is 33.1 Å². The molecule has 0 aromatic carbocycles. The second-order valence-corrected chi connectivity index (χ2v) is 5.64. The summed E-state index contributed by atoms with van der Waals surface area (Å²) in [5.74, 6) is 0. The molecule has 0 saturated carbocycles. The van der Waals surface area contributed by atoms with Crippen LogP contribution < -0.4 is 0 Å². The van der Waals surface area contributed by atoms with Crippen LogP contribution in [-0.4, -0.2) is 10.1 Å². The number of nitrogens with zero attached hydrogens (tertiary/aromatic N) is 1. The molecule has 2 heterocycles. The first-order valence-electron chi connectivity index (χ1n) is 5.20. The smallest absolute Gasteiger partial charge is 0.382 e. The number of aromatic nitrogens is 1. The third kappa shape index (κ3) is 2.57. The summed E-state index contributed by atoms with van der Waals surface area (Å²) < 4.78 is 37.3. The van der Waals surface area contributed by atoms with E-state index in [2.05, 4.69) is 4.98 Å². The molecule has 0 spiro atoms. The van der Waals surface area contributed by atoms with Crippen LogP contribution >= 0.6 is 22.7 Å². The van der Waals surface area contributed by atoms with Crippen molar-refractivity contribution in [2.24, 2.45) is 0 Å². The average molecular weight is 293 g/mol. The van der Waals surface area contributed by atoms with Crippen LogP contribution in [0.15, 0.2) is 17.6 Å². The lowest BCUT2D eigenvalue weighted by Crippen LogP contribution is -2.03. The molecule has 0 amide bonds. The molecular formula is C11H10F3NOS2. The van der Waals surface area contributed by atoms with Crippen LogP contribution in [0.1, 0.15) is 33.4 Å². The Labute approximate surface area is 110 Å². The second kappa shape index (κ2) is 4.99. The quantitative estimate of drug-likeness (QED) is 0.932. The number of aliphatic hydroxyl groups is 1. The van der Waals surface area contributed by atoms with Gasteiger partial charge in [0.05, 0.1) is 4.88 Å². The van der Waals surface area contributed by atoms with E-state index in [4.69, 9.17) is 0 Å². The van der Waals surface area contributed by atoms with E-state index in [1.54, 1.807) is 0 Å². The van der Waals surface area contributed by atoms with E-state index < -0.39 is 17.3 Å². The second-order valence-electron chi connectivity index (χ2n) is 3.63. The fourth-order valence-corrected chi connectivity index (χ4v) is 3.41. The molecule has 2 rings (SSSR count). The molecule has 1 atom stereocenters. The number of thiazole rings is 1. The Morgan fingerprint density at radius 1 is 1.44 bits per heavy atom. The van der Waals surface area contributed by atoms with Gasteiger partial charge in [-0.15, -0.1) is 22.7 Å². The first kappa shape index (κ1) is 13.5. The summed E-state index contributed by atoms with van der Waals surface area (Å²) in [6, 6.07) is 1.87. The van der Waals surface area contributed by atoms with E-state index in [9.17, 15) is 18.3 Å². The number of rotatable bonds is 3. The Morgan fingerprint density at radius 3 is 2.72 bits per heavy atom. The summed E-state index contributed by atoms with van der Waals surface area (Å²) in [4.78, 5) is 4.22. The number of halogens is 3. The molecule has 0 aliphatic heterocycles. The van der Waals surface area contributed by atoms with Crippen LogP contribution in [0.2, 0.25) is 0 Å². The van der Waals surface area contributed by atoms with E-state index in [1.807, 2.05) is 18.4 Å². The number of hydrogen-bond donors (Lipinski definition) is 1. The molecule has 1 N–H and O–H groups in total. The van der Waals surface area contributed by atoms with E-state index in [-0.39, 0.29) is 4.88 Å². The van der Waals surface area contributed by atoms with Gasteiger partial charge in [-0.05, 0) is 23.4 Å². The van der Waals surface area contributed by atoms with Crippen LogP contribution in [0.25, 0.3) is 0 Å². The molecule has 0 fully saturated rings. The lowest BCUT2D eigenvalue weighted by atomic mass is 10.1. The minimum Gasteiger partial charge on any atom is -0.382 e. The fourth-order valence-electron chi connectivity index (χ4n) is 1.55. The van der Waals surface area contributed by atoms with Crippen LogP contribution in [-0.2, 0) is 12.6 Å².